The molecule has 2 aromatic rings. The molecular formula is C44H51N. The van der Waals surface area contributed by atoms with Crippen LogP contribution in [0.15, 0.2) is 156 Å². The second-order valence-corrected chi connectivity index (χ2v) is 12.8. The van der Waals surface area contributed by atoms with E-state index in [0.29, 0.717) is 0 Å². The largest absolute Gasteiger partial charge is 0.368 e. The molecule has 232 valence electrons. The number of benzene rings is 2. The minimum atomic E-state index is 0.216. The first-order chi connectivity index (χ1) is 22.1. The summed E-state index contributed by atoms with van der Waals surface area (Å²) < 4.78 is 0. The average Bonchev–Trinajstić information content (AvgIpc) is 3.36. The van der Waals surface area contributed by atoms with Crippen molar-refractivity contribution in [1.29, 1.82) is 0 Å². The zero-order valence-electron chi connectivity index (χ0n) is 27.6. The molecule has 0 saturated heterocycles. The van der Waals surface area contributed by atoms with Gasteiger partial charge in [-0.25, -0.2) is 0 Å². The highest BCUT2D eigenvalue weighted by molar-refractivity contribution is 5.61. The summed E-state index contributed by atoms with van der Waals surface area (Å²) in [5, 5.41) is 0. The van der Waals surface area contributed by atoms with Crippen molar-refractivity contribution in [1.82, 2.24) is 0 Å². The van der Waals surface area contributed by atoms with E-state index in [1.807, 2.05) is 6.08 Å². The molecule has 0 radical (unpaired) electrons. The second-order valence-electron chi connectivity index (χ2n) is 12.8. The third-order valence-corrected chi connectivity index (χ3v) is 9.86. The van der Waals surface area contributed by atoms with Crippen LogP contribution in [0.5, 0.6) is 0 Å². The number of likely N-dealkylation sites (N-methyl/N-ethyl adjacent to an activating group) is 1. The SMILES string of the molecule is C=C1\C=C/C=C\C=C/C(=C2/Cc3ccccc3C23CCCCC3)C(=C2/C=CC=CC2)/CC1.C=CCN(CC)c1ccc(C)cc1. The monoisotopic (exact) mass is 593 g/mol. The Morgan fingerprint density at radius 3 is 2.27 bits per heavy atom. The lowest BCUT2D eigenvalue weighted by atomic mass is 9.66. The van der Waals surface area contributed by atoms with E-state index in [1.165, 1.54) is 65.6 Å². The summed E-state index contributed by atoms with van der Waals surface area (Å²) in [5.74, 6) is 0. The number of anilines is 1. The van der Waals surface area contributed by atoms with Crippen LogP contribution in [0.3, 0.4) is 0 Å². The summed E-state index contributed by atoms with van der Waals surface area (Å²) in [5.41, 5.74) is 13.3. The molecule has 4 aliphatic carbocycles. The van der Waals surface area contributed by atoms with E-state index in [9.17, 15) is 0 Å². The van der Waals surface area contributed by atoms with Crippen LogP contribution in [0.2, 0.25) is 0 Å². The Morgan fingerprint density at radius 1 is 0.822 bits per heavy atom. The second kappa shape index (κ2) is 15.8. The standard InChI is InChI=1S/C32H34.C12H17N/c1-25-14-6-2-3-9-18-29(28(21-20-25)26-15-7-4-8-16-26)31-24-27-17-10-11-19-30(27)32(31)22-12-5-13-23-32;1-4-10-13(5-2)12-8-6-11(3)7-9-12/h2-4,6-11,14-15,17-19H,1,5,12-13,16,20-24H2;4,6-9H,1,5,10H2,2-3H3/b3-2-,14-6-,18-9-,28-26-,31-29+;. The summed E-state index contributed by atoms with van der Waals surface area (Å²) in [7, 11) is 0. The zero-order chi connectivity index (χ0) is 31.5. The van der Waals surface area contributed by atoms with E-state index in [2.05, 4.69) is 141 Å². The van der Waals surface area contributed by atoms with Crippen molar-refractivity contribution in [3.8, 4) is 0 Å². The summed E-state index contributed by atoms with van der Waals surface area (Å²) >= 11 is 0. The van der Waals surface area contributed by atoms with Crippen molar-refractivity contribution in [3.05, 3.63) is 173 Å². The molecule has 0 aliphatic heterocycles. The van der Waals surface area contributed by atoms with Gasteiger partial charge in [0, 0.05) is 24.2 Å². The highest BCUT2D eigenvalue weighted by Gasteiger charge is 2.44. The smallest absolute Gasteiger partial charge is 0.0369 e. The van der Waals surface area contributed by atoms with Crippen LogP contribution in [-0.2, 0) is 11.8 Å². The lowest BCUT2D eigenvalue weighted by Gasteiger charge is -2.38. The van der Waals surface area contributed by atoms with Crippen LogP contribution < -0.4 is 4.90 Å². The van der Waals surface area contributed by atoms with E-state index in [1.54, 1.807) is 16.7 Å². The van der Waals surface area contributed by atoms with Crippen molar-refractivity contribution in [3.63, 3.8) is 0 Å². The number of allylic oxidation sites excluding steroid dienone is 15. The first-order valence-electron chi connectivity index (χ1n) is 17.0. The van der Waals surface area contributed by atoms with Gasteiger partial charge in [-0.2, -0.15) is 0 Å². The van der Waals surface area contributed by atoms with Gasteiger partial charge in [0.25, 0.3) is 0 Å². The topological polar surface area (TPSA) is 3.24 Å². The predicted octanol–water partition coefficient (Wildman–Crippen LogP) is 11.6. The van der Waals surface area contributed by atoms with Gasteiger partial charge in [-0.3, -0.25) is 0 Å². The van der Waals surface area contributed by atoms with E-state index < -0.39 is 0 Å². The van der Waals surface area contributed by atoms with Gasteiger partial charge in [0.1, 0.15) is 0 Å². The van der Waals surface area contributed by atoms with E-state index >= 15 is 0 Å². The molecule has 4 aliphatic rings. The zero-order valence-corrected chi connectivity index (χ0v) is 27.6. The van der Waals surface area contributed by atoms with Gasteiger partial charge < -0.3 is 4.90 Å². The predicted molar refractivity (Wildman–Crippen MR) is 197 cm³/mol. The Balaban J connectivity index is 0.000000259. The number of hydrogen-bond acceptors (Lipinski definition) is 1. The third kappa shape index (κ3) is 7.77. The van der Waals surface area contributed by atoms with Crippen LogP contribution in [0.1, 0.15) is 75.0 Å². The Labute approximate surface area is 273 Å². The molecular weight excluding hydrogens is 542 g/mol. The molecule has 0 heterocycles. The quantitative estimate of drug-likeness (QED) is 0.319. The summed E-state index contributed by atoms with van der Waals surface area (Å²) in [6, 6.07) is 17.9. The van der Waals surface area contributed by atoms with Crippen molar-refractivity contribution in [2.45, 2.75) is 77.0 Å². The number of hydrogen-bond donors (Lipinski definition) is 0. The molecule has 1 heteroatoms. The van der Waals surface area contributed by atoms with Crippen LogP contribution in [0.25, 0.3) is 0 Å². The first-order valence-corrected chi connectivity index (χ1v) is 17.0. The van der Waals surface area contributed by atoms with Gasteiger partial charge in [0.05, 0.1) is 0 Å². The molecule has 0 atom stereocenters. The highest BCUT2D eigenvalue weighted by Crippen LogP contribution is 2.54. The maximum absolute atomic E-state index is 4.32. The minimum Gasteiger partial charge on any atom is -0.368 e. The lowest BCUT2D eigenvalue weighted by molar-refractivity contribution is 0.346. The maximum atomic E-state index is 4.32. The molecule has 0 amide bonds. The molecule has 1 nitrogen and oxygen atoms in total. The molecule has 1 fully saturated rings. The Hall–Kier alpha value is -4.10. The molecule has 0 unspecified atom stereocenters. The molecule has 0 N–H and O–H groups in total. The summed E-state index contributed by atoms with van der Waals surface area (Å²) in [6.45, 7) is 14.3. The lowest BCUT2D eigenvalue weighted by Crippen LogP contribution is -2.29. The van der Waals surface area contributed by atoms with Crippen molar-refractivity contribution < 1.29 is 0 Å². The Bertz CT molecular complexity index is 1560. The normalized spacial score (nSPS) is 24.2. The molecule has 0 aromatic heterocycles. The van der Waals surface area contributed by atoms with Crippen molar-refractivity contribution in [2.24, 2.45) is 0 Å². The first kappa shape index (κ1) is 32.3. The average molecular weight is 594 g/mol. The van der Waals surface area contributed by atoms with Gasteiger partial charge >= 0.3 is 0 Å². The van der Waals surface area contributed by atoms with E-state index in [0.717, 1.165) is 38.8 Å². The number of nitrogens with zero attached hydrogens (tertiary/aromatic N) is 1. The number of fused-ring (bicyclic) bond motifs is 2. The van der Waals surface area contributed by atoms with Crippen molar-refractivity contribution >= 4 is 5.69 Å². The fraction of sp³-hybridized carbons (Fsp3) is 0.318. The molecule has 45 heavy (non-hydrogen) atoms. The van der Waals surface area contributed by atoms with Gasteiger partial charge in [0.15, 0.2) is 0 Å². The van der Waals surface area contributed by atoms with Crippen LogP contribution in [0.4, 0.5) is 5.69 Å². The van der Waals surface area contributed by atoms with Crippen LogP contribution in [-0.4, -0.2) is 13.1 Å². The van der Waals surface area contributed by atoms with Crippen LogP contribution >= 0.6 is 0 Å². The van der Waals surface area contributed by atoms with Gasteiger partial charge in [-0.1, -0.05) is 140 Å². The third-order valence-electron chi connectivity index (χ3n) is 9.86. The van der Waals surface area contributed by atoms with Crippen LogP contribution in [0, 0.1) is 6.92 Å². The number of rotatable bonds is 4. The summed E-state index contributed by atoms with van der Waals surface area (Å²) in [6.07, 6.45) is 35.0. The fourth-order valence-electron chi connectivity index (χ4n) is 7.50. The molecule has 0 bridgehead atoms. The Morgan fingerprint density at radius 2 is 1.56 bits per heavy atom. The molecule has 1 saturated carbocycles. The molecule has 6 rings (SSSR count). The highest BCUT2D eigenvalue weighted by atomic mass is 15.1. The van der Waals surface area contributed by atoms with Gasteiger partial charge in [0.2, 0.25) is 0 Å². The molecule has 1 spiro atoms. The van der Waals surface area contributed by atoms with Gasteiger partial charge in [-0.05, 0) is 97.9 Å². The van der Waals surface area contributed by atoms with Gasteiger partial charge in [-0.15, -0.1) is 6.58 Å². The maximum Gasteiger partial charge on any atom is 0.0369 e. The van der Waals surface area contributed by atoms with E-state index in [-0.39, 0.29) is 5.41 Å². The Kier molecular flexibility index (Phi) is 11.3. The summed E-state index contributed by atoms with van der Waals surface area (Å²) in [4.78, 5) is 2.28. The fourth-order valence-corrected chi connectivity index (χ4v) is 7.50. The van der Waals surface area contributed by atoms with E-state index in [4.69, 9.17) is 0 Å². The van der Waals surface area contributed by atoms with Crippen molar-refractivity contribution in [2.75, 3.05) is 18.0 Å². The number of aryl methyl sites for hydroxylation is 1. The molecule has 2 aromatic carbocycles. The minimum absolute atomic E-state index is 0.216.